The molecule has 1 N–H and O–H groups in total. The number of aryl methyl sites for hydroxylation is 3. The average molecular weight is 245 g/mol. The number of nitrogens with zero attached hydrogens (tertiary/aromatic N) is 2. The minimum absolute atomic E-state index is 0.104. The molecule has 2 heterocycles. The lowest BCUT2D eigenvalue weighted by atomic mass is 10.1. The highest BCUT2D eigenvalue weighted by atomic mass is 16.1. The fourth-order valence-electron chi connectivity index (χ4n) is 3.07. The number of benzene rings is 1. The maximum atomic E-state index is 12.4. The number of aromatic nitrogens is 2. The van der Waals surface area contributed by atoms with Gasteiger partial charge in [0, 0.05) is 13.6 Å². The second-order valence-corrected chi connectivity index (χ2v) is 5.31. The summed E-state index contributed by atoms with van der Waals surface area (Å²) in [5.41, 5.74) is 4.64. The Labute approximate surface area is 106 Å². The molecular formula is C14H19N3O. The SMILES string of the molecule is Cc1cc(C)c2c(c1)n(C)c(=O)n2C1CCNC1. The van der Waals surface area contributed by atoms with Crippen LogP contribution in [0.3, 0.4) is 0 Å². The molecule has 1 atom stereocenters. The van der Waals surface area contributed by atoms with Crippen molar-refractivity contribution in [1.82, 2.24) is 14.5 Å². The molecule has 0 aliphatic carbocycles. The first-order valence-corrected chi connectivity index (χ1v) is 6.48. The van der Waals surface area contributed by atoms with Crippen LogP contribution in [-0.2, 0) is 7.05 Å². The van der Waals surface area contributed by atoms with E-state index in [-0.39, 0.29) is 5.69 Å². The van der Waals surface area contributed by atoms with Gasteiger partial charge in [0.25, 0.3) is 0 Å². The van der Waals surface area contributed by atoms with Crippen LogP contribution in [0.2, 0.25) is 0 Å². The molecule has 0 amide bonds. The Hall–Kier alpha value is -1.55. The summed E-state index contributed by atoms with van der Waals surface area (Å²) in [6.45, 7) is 6.06. The van der Waals surface area contributed by atoms with Crippen molar-refractivity contribution in [2.75, 3.05) is 13.1 Å². The standard InChI is InChI=1S/C14H19N3O/c1-9-6-10(2)13-12(7-9)16(3)14(18)17(13)11-4-5-15-8-11/h6-7,11,15H,4-5,8H2,1-3H3. The Morgan fingerprint density at radius 1 is 1.33 bits per heavy atom. The van der Waals surface area contributed by atoms with Gasteiger partial charge in [-0.3, -0.25) is 9.13 Å². The van der Waals surface area contributed by atoms with Crippen molar-refractivity contribution in [2.24, 2.45) is 7.05 Å². The van der Waals surface area contributed by atoms with E-state index < -0.39 is 0 Å². The Bertz CT molecular complexity index is 660. The third-order valence-corrected chi connectivity index (χ3v) is 3.92. The second-order valence-electron chi connectivity index (χ2n) is 5.31. The van der Waals surface area contributed by atoms with Crippen LogP contribution < -0.4 is 11.0 Å². The zero-order valence-corrected chi connectivity index (χ0v) is 11.2. The topological polar surface area (TPSA) is 39.0 Å². The van der Waals surface area contributed by atoms with E-state index >= 15 is 0 Å². The second kappa shape index (κ2) is 3.99. The molecule has 3 rings (SSSR count). The van der Waals surface area contributed by atoms with Crippen molar-refractivity contribution >= 4 is 11.0 Å². The maximum absolute atomic E-state index is 12.4. The highest BCUT2D eigenvalue weighted by Gasteiger charge is 2.23. The molecule has 1 aromatic carbocycles. The summed E-state index contributed by atoms with van der Waals surface area (Å²) in [6, 6.07) is 4.55. The van der Waals surface area contributed by atoms with E-state index in [4.69, 9.17) is 0 Å². The number of nitrogens with one attached hydrogen (secondary N) is 1. The summed E-state index contributed by atoms with van der Waals surface area (Å²) in [5.74, 6) is 0. The molecule has 96 valence electrons. The molecular weight excluding hydrogens is 226 g/mol. The number of hydrogen-bond acceptors (Lipinski definition) is 2. The summed E-state index contributed by atoms with van der Waals surface area (Å²) in [5, 5.41) is 3.33. The van der Waals surface area contributed by atoms with Crippen LogP contribution in [0.4, 0.5) is 0 Å². The summed E-state index contributed by atoms with van der Waals surface area (Å²) in [4.78, 5) is 12.4. The van der Waals surface area contributed by atoms with Crippen LogP contribution in [0.1, 0.15) is 23.6 Å². The van der Waals surface area contributed by atoms with E-state index in [1.54, 1.807) is 4.57 Å². The van der Waals surface area contributed by atoms with Crippen molar-refractivity contribution in [3.05, 3.63) is 33.7 Å². The first-order valence-electron chi connectivity index (χ1n) is 6.48. The Morgan fingerprint density at radius 3 is 2.78 bits per heavy atom. The van der Waals surface area contributed by atoms with Crippen molar-refractivity contribution in [3.63, 3.8) is 0 Å². The van der Waals surface area contributed by atoms with Crippen LogP contribution in [0, 0.1) is 13.8 Å². The van der Waals surface area contributed by atoms with E-state index in [0.29, 0.717) is 6.04 Å². The molecule has 18 heavy (non-hydrogen) atoms. The van der Waals surface area contributed by atoms with E-state index in [1.807, 2.05) is 11.6 Å². The van der Waals surface area contributed by atoms with Crippen LogP contribution in [0.25, 0.3) is 11.0 Å². The van der Waals surface area contributed by atoms with E-state index in [0.717, 1.165) is 30.5 Å². The summed E-state index contributed by atoms with van der Waals surface area (Å²) < 4.78 is 3.75. The van der Waals surface area contributed by atoms with Gasteiger partial charge in [-0.2, -0.15) is 0 Å². The summed E-state index contributed by atoms with van der Waals surface area (Å²) >= 11 is 0. The highest BCUT2D eigenvalue weighted by molar-refractivity contribution is 5.80. The van der Waals surface area contributed by atoms with Gasteiger partial charge in [0.2, 0.25) is 0 Å². The van der Waals surface area contributed by atoms with Gasteiger partial charge in [0.05, 0.1) is 17.1 Å². The van der Waals surface area contributed by atoms with Crippen molar-refractivity contribution < 1.29 is 0 Å². The molecule has 1 fully saturated rings. The number of fused-ring (bicyclic) bond motifs is 1. The fourth-order valence-corrected chi connectivity index (χ4v) is 3.07. The zero-order chi connectivity index (χ0) is 12.9. The molecule has 0 bridgehead atoms. The molecule has 0 radical (unpaired) electrons. The van der Waals surface area contributed by atoms with Crippen LogP contribution in [0.5, 0.6) is 0 Å². The third-order valence-electron chi connectivity index (χ3n) is 3.92. The van der Waals surface area contributed by atoms with Crippen molar-refractivity contribution in [2.45, 2.75) is 26.3 Å². The normalized spacial score (nSPS) is 19.8. The third kappa shape index (κ3) is 1.52. The Balaban J connectivity index is 2.37. The van der Waals surface area contributed by atoms with E-state index in [9.17, 15) is 4.79 Å². The van der Waals surface area contributed by atoms with Gasteiger partial charge in [-0.05, 0) is 44.0 Å². The summed E-state index contributed by atoms with van der Waals surface area (Å²) in [7, 11) is 1.86. The van der Waals surface area contributed by atoms with Crippen molar-refractivity contribution in [3.8, 4) is 0 Å². The predicted molar refractivity (Wildman–Crippen MR) is 73.2 cm³/mol. The van der Waals surface area contributed by atoms with Gasteiger partial charge in [-0.1, -0.05) is 6.07 Å². The van der Waals surface area contributed by atoms with Crippen molar-refractivity contribution in [1.29, 1.82) is 0 Å². The first kappa shape index (κ1) is 11.5. The highest BCUT2D eigenvalue weighted by Crippen LogP contribution is 2.24. The van der Waals surface area contributed by atoms with E-state index in [2.05, 4.69) is 31.3 Å². The quantitative estimate of drug-likeness (QED) is 0.826. The number of rotatable bonds is 1. The van der Waals surface area contributed by atoms with Gasteiger partial charge >= 0.3 is 5.69 Å². The van der Waals surface area contributed by atoms with E-state index in [1.165, 1.54) is 11.1 Å². The number of imidazole rings is 1. The van der Waals surface area contributed by atoms with Crippen LogP contribution >= 0.6 is 0 Å². The molecule has 1 unspecified atom stereocenters. The van der Waals surface area contributed by atoms with Gasteiger partial charge in [0.1, 0.15) is 0 Å². The molecule has 4 heteroatoms. The van der Waals surface area contributed by atoms with Crippen LogP contribution in [0.15, 0.2) is 16.9 Å². The Morgan fingerprint density at radius 2 is 2.11 bits per heavy atom. The lowest BCUT2D eigenvalue weighted by molar-refractivity contribution is 0.535. The first-order chi connectivity index (χ1) is 8.59. The smallest absolute Gasteiger partial charge is 0.315 e. The monoisotopic (exact) mass is 245 g/mol. The zero-order valence-electron chi connectivity index (χ0n) is 11.2. The van der Waals surface area contributed by atoms with Gasteiger partial charge < -0.3 is 5.32 Å². The largest absolute Gasteiger partial charge is 0.329 e. The minimum Gasteiger partial charge on any atom is -0.315 e. The van der Waals surface area contributed by atoms with Gasteiger partial charge in [-0.25, -0.2) is 4.79 Å². The summed E-state index contributed by atoms with van der Waals surface area (Å²) in [6.07, 6.45) is 1.03. The minimum atomic E-state index is 0.104. The lowest BCUT2D eigenvalue weighted by Gasteiger charge is -2.12. The fraction of sp³-hybridized carbons (Fsp3) is 0.500. The van der Waals surface area contributed by atoms with Gasteiger partial charge in [-0.15, -0.1) is 0 Å². The molecule has 4 nitrogen and oxygen atoms in total. The Kier molecular flexibility index (Phi) is 2.55. The molecule has 2 aromatic rings. The molecule has 1 aliphatic rings. The molecule has 1 aliphatic heterocycles. The molecule has 1 aromatic heterocycles. The lowest BCUT2D eigenvalue weighted by Crippen LogP contribution is -2.27. The average Bonchev–Trinajstić information content (AvgIpc) is 2.90. The predicted octanol–water partition coefficient (Wildman–Crippen LogP) is 1.49. The number of hydrogen-bond donors (Lipinski definition) is 1. The van der Waals surface area contributed by atoms with Crippen LogP contribution in [-0.4, -0.2) is 22.2 Å². The molecule has 0 saturated carbocycles. The molecule has 0 spiro atoms. The maximum Gasteiger partial charge on any atom is 0.329 e. The molecule has 1 saturated heterocycles. The van der Waals surface area contributed by atoms with Gasteiger partial charge in [0.15, 0.2) is 0 Å².